The van der Waals surface area contributed by atoms with E-state index in [9.17, 15) is 9.90 Å². The molecule has 3 aromatic rings. The first-order chi connectivity index (χ1) is 10.7. The highest BCUT2D eigenvalue weighted by Crippen LogP contribution is 2.36. The summed E-state index contributed by atoms with van der Waals surface area (Å²) in [5.74, 6) is -0.414. The van der Waals surface area contributed by atoms with Crippen molar-refractivity contribution in [3.05, 3.63) is 52.7 Å². The van der Waals surface area contributed by atoms with Crippen LogP contribution in [0, 0.1) is 0 Å². The van der Waals surface area contributed by atoms with Crippen molar-refractivity contribution < 1.29 is 14.6 Å². The van der Waals surface area contributed by atoms with Gasteiger partial charge in [-0.25, -0.2) is 4.79 Å². The minimum absolute atomic E-state index is 0.0392. The number of hydrogen-bond donors (Lipinski definition) is 1. The number of aromatic hydroxyl groups is 1. The van der Waals surface area contributed by atoms with Crippen LogP contribution in [0.15, 0.2) is 58.1 Å². The van der Waals surface area contributed by atoms with Crippen LogP contribution in [0.5, 0.6) is 5.75 Å². The topological polar surface area (TPSA) is 71.2 Å². The predicted octanol–water partition coefficient (Wildman–Crippen LogP) is 4.81. The number of phenols is 1. The van der Waals surface area contributed by atoms with Crippen LogP contribution in [0.25, 0.3) is 10.8 Å². The summed E-state index contributed by atoms with van der Waals surface area (Å²) in [6.45, 7) is 0. The van der Waals surface area contributed by atoms with Crippen molar-refractivity contribution in [2.24, 2.45) is 10.2 Å². The quantitative estimate of drug-likeness (QED) is 0.557. The second-order valence-electron chi connectivity index (χ2n) is 4.48. The molecule has 0 saturated carbocycles. The molecule has 0 atom stereocenters. The van der Waals surface area contributed by atoms with E-state index in [4.69, 9.17) is 4.74 Å². The summed E-state index contributed by atoms with van der Waals surface area (Å²) in [4.78, 5) is 12.0. The van der Waals surface area contributed by atoms with Crippen molar-refractivity contribution in [1.82, 2.24) is 0 Å². The first-order valence-corrected chi connectivity index (χ1v) is 7.37. The number of nitrogens with zero attached hydrogens (tertiary/aromatic N) is 2. The van der Waals surface area contributed by atoms with E-state index < -0.39 is 5.97 Å². The Balaban J connectivity index is 2.05. The fourth-order valence-corrected chi connectivity index (χ4v) is 2.82. The molecule has 1 heterocycles. The molecule has 1 aromatic heterocycles. The van der Waals surface area contributed by atoms with E-state index in [-0.39, 0.29) is 5.75 Å². The van der Waals surface area contributed by atoms with Crippen LogP contribution >= 0.6 is 11.3 Å². The van der Waals surface area contributed by atoms with E-state index >= 15 is 0 Å². The fraction of sp³-hybridized carbons (Fsp3) is 0.0625. The van der Waals surface area contributed by atoms with Gasteiger partial charge >= 0.3 is 5.97 Å². The van der Waals surface area contributed by atoms with Crippen molar-refractivity contribution in [3.8, 4) is 5.75 Å². The van der Waals surface area contributed by atoms with Crippen LogP contribution in [-0.4, -0.2) is 18.2 Å². The maximum atomic E-state index is 11.6. The normalized spacial score (nSPS) is 11.1. The third-order valence-electron chi connectivity index (χ3n) is 3.15. The standard InChI is InChI=1S/C16H12N2O3S/c1-21-16(20)15-12(8-9-22-15)17-18-14-11-5-3-2-4-10(11)6-7-13(14)19/h2-9,19H,1H3. The molecule has 5 nitrogen and oxygen atoms in total. The van der Waals surface area contributed by atoms with Gasteiger partial charge in [0.2, 0.25) is 0 Å². The molecular weight excluding hydrogens is 300 g/mol. The van der Waals surface area contributed by atoms with Gasteiger partial charge in [-0.05, 0) is 22.9 Å². The number of fused-ring (bicyclic) bond motifs is 1. The van der Waals surface area contributed by atoms with Crippen molar-refractivity contribution in [2.75, 3.05) is 7.11 Å². The van der Waals surface area contributed by atoms with E-state index in [1.165, 1.54) is 18.4 Å². The predicted molar refractivity (Wildman–Crippen MR) is 85.4 cm³/mol. The van der Waals surface area contributed by atoms with Crippen molar-refractivity contribution in [1.29, 1.82) is 0 Å². The van der Waals surface area contributed by atoms with Gasteiger partial charge in [-0.2, -0.15) is 0 Å². The lowest BCUT2D eigenvalue weighted by Gasteiger charge is -2.03. The van der Waals surface area contributed by atoms with Crippen molar-refractivity contribution >= 4 is 39.5 Å². The Labute approximate surface area is 130 Å². The van der Waals surface area contributed by atoms with E-state index in [1.54, 1.807) is 17.5 Å². The summed E-state index contributed by atoms with van der Waals surface area (Å²) in [6, 6.07) is 12.6. The highest BCUT2D eigenvalue weighted by atomic mass is 32.1. The number of ether oxygens (including phenoxy) is 1. The number of methoxy groups -OCH3 is 1. The molecular formula is C16H12N2O3S. The number of phenolic OH excluding ortho intramolecular Hbond substituents is 1. The Kier molecular flexibility index (Phi) is 3.84. The monoisotopic (exact) mass is 312 g/mol. The zero-order valence-corrected chi connectivity index (χ0v) is 12.5. The zero-order chi connectivity index (χ0) is 15.5. The van der Waals surface area contributed by atoms with Gasteiger partial charge in [-0.3, -0.25) is 0 Å². The van der Waals surface area contributed by atoms with Crippen LogP contribution in [0.4, 0.5) is 11.4 Å². The largest absolute Gasteiger partial charge is 0.506 e. The molecule has 0 radical (unpaired) electrons. The summed E-state index contributed by atoms with van der Waals surface area (Å²) in [5.41, 5.74) is 0.796. The van der Waals surface area contributed by atoms with E-state index in [2.05, 4.69) is 10.2 Å². The third kappa shape index (κ3) is 2.56. The highest BCUT2D eigenvalue weighted by Gasteiger charge is 2.13. The number of rotatable bonds is 3. The number of benzene rings is 2. The molecule has 0 spiro atoms. The smallest absolute Gasteiger partial charge is 0.350 e. The number of hydrogen-bond acceptors (Lipinski definition) is 6. The first-order valence-electron chi connectivity index (χ1n) is 6.49. The van der Waals surface area contributed by atoms with E-state index in [1.807, 2.05) is 30.3 Å². The Hall–Kier alpha value is -2.73. The van der Waals surface area contributed by atoms with E-state index in [0.29, 0.717) is 16.3 Å². The van der Waals surface area contributed by atoms with Gasteiger partial charge in [0.05, 0.1) is 7.11 Å². The SMILES string of the molecule is COC(=O)c1sccc1N=Nc1c(O)ccc2ccccc12. The molecule has 0 bridgehead atoms. The summed E-state index contributed by atoms with van der Waals surface area (Å²) in [5, 5.41) is 21.7. The molecule has 2 aromatic carbocycles. The number of azo groups is 1. The van der Waals surface area contributed by atoms with Gasteiger partial charge in [-0.15, -0.1) is 21.6 Å². The molecule has 0 amide bonds. The number of carbonyl (C=O) groups is 1. The summed E-state index contributed by atoms with van der Waals surface area (Å²) >= 11 is 1.23. The van der Waals surface area contributed by atoms with Crippen LogP contribution < -0.4 is 0 Å². The Bertz CT molecular complexity index is 871. The molecule has 0 aliphatic carbocycles. The van der Waals surface area contributed by atoms with Gasteiger partial charge in [0.25, 0.3) is 0 Å². The van der Waals surface area contributed by atoms with Crippen LogP contribution in [0.1, 0.15) is 9.67 Å². The lowest BCUT2D eigenvalue weighted by Crippen LogP contribution is -1.97. The van der Waals surface area contributed by atoms with Crippen molar-refractivity contribution in [2.45, 2.75) is 0 Å². The molecule has 0 saturated heterocycles. The number of thiophene rings is 1. The molecule has 110 valence electrons. The van der Waals surface area contributed by atoms with Crippen LogP contribution in [-0.2, 0) is 4.74 Å². The maximum absolute atomic E-state index is 11.6. The van der Waals surface area contributed by atoms with Crippen LogP contribution in [0.3, 0.4) is 0 Å². The lowest BCUT2D eigenvalue weighted by molar-refractivity contribution is 0.0607. The molecule has 1 N–H and O–H groups in total. The summed E-state index contributed by atoms with van der Waals surface area (Å²) in [6.07, 6.45) is 0. The van der Waals surface area contributed by atoms with Crippen molar-refractivity contribution in [3.63, 3.8) is 0 Å². The molecule has 22 heavy (non-hydrogen) atoms. The number of esters is 1. The second-order valence-corrected chi connectivity index (χ2v) is 5.40. The first kappa shape index (κ1) is 14.2. The molecule has 0 aliphatic heterocycles. The minimum atomic E-state index is -0.453. The lowest BCUT2D eigenvalue weighted by atomic mass is 10.1. The minimum Gasteiger partial charge on any atom is -0.506 e. The maximum Gasteiger partial charge on any atom is 0.350 e. The molecule has 0 unspecified atom stereocenters. The molecule has 6 heteroatoms. The van der Waals surface area contributed by atoms with Gasteiger partial charge in [0.15, 0.2) is 0 Å². The second kappa shape index (κ2) is 5.95. The Morgan fingerprint density at radius 2 is 1.95 bits per heavy atom. The highest BCUT2D eigenvalue weighted by molar-refractivity contribution is 7.12. The molecule has 0 fully saturated rings. The van der Waals surface area contributed by atoms with Gasteiger partial charge in [0.1, 0.15) is 22.0 Å². The Morgan fingerprint density at radius 3 is 2.77 bits per heavy atom. The summed E-state index contributed by atoms with van der Waals surface area (Å²) < 4.78 is 4.70. The average molecular weight is 312 g/mol. The Morgan fingerprint density at radius 1 is 1.14 bits per heavy atom. The summed E-state index contributed by atoms with van der Waals surface area (Å²) in [7, 11) is 1.32. The average Bonchev–Trinajstić information content (AvgIpc) is 3.01. The number of carbonyl (C=O) groups excluding carboxylic acids is 1. The van der Waals surface area contributed by atoms with Gasteiger partial charge in [0, 0.05) is 5.39 Å². The van der Waals surface area contributed by atoms with Gasteiger partial charge < -0.3 is 9.84 Å². The van der Waals surface area contributed by atoms with E-state index in [0.717, 1.165) is 10.8 Å². The van der Waals surface area contributed by atoms with Crippen LogP contribution in [0.2, 0.25) is 0 Å². The van der Waals surface area contributed by atoms with Gasteiger partial charge in [-0.1, -0.05) is 30.3 Å². The fourth-order valence-electron chi connectivity index (χ4n) is 2.08. The molecule has 0 aliphatic rings. The third-order valence-corrected chi connectivity index (χ3v) is 4.04. The zero-order valence-electron chi connectivity index (χ0n) is 11.7. The molecule has 3 rings (SSSR count).